The number of carbonyl (C=O) groups excluding carboxylic acids is 1. The van der Waals surface area contributed by atoms with Crippen LogP contribution in [0.15, 0.2) is 48.5 Å². The molecule has 2 nitrogen and oxygen atoms in total. The van der Waals surface area contributed by atoms with E-state index in [9.17, 15) is 4.79 Å². The van der Waals surface area contributed by atoms with E-state index in [-0.39, 0.29) is 11.3 Å². The first kappa shape index (κ1) is 13.2. The molecule has 0 bridgehead atoms. The van der Waals surface area contributed by atoms with Gasteiger partial charge in [-0.2, -0.15) is 0 Å². The summed E-state index contributed by atoms with van der Waals surface area (Å²) in [6.07, 6.45) is 1.79. The van der Waals surface area contributed by atoms with Crippen LogP contribution in [0.5, 0.6) is 0 Å². The number of anilines is 1. The number of benzene rings is 2. The summed E-state index contributed by atoms with van der Waals surface area (Å²) < 4.78 is 0. The van der Waals surface area contributed by atoms with Gasteiger partial charge in [-0.15, -0.1) is 0 Å². The van der Waals surface area contributed by atoms with Crippen molar-refractivity contribution >= 4 is 23.2 Å². The van der Waals surface area contributed by atoms with Crippen LogP contribution in [0.3, 0.4) is 0 Å². The molecule has 1 aliphatic carbocycles. The third-order valence-corrected chi connectivity index (χ3v) is 4.11. The molecule has 2 aromatic carbocycles. The van der Waals surface area contributed by atoms with Crippen molar-refractivity contribution in [2.24, 2.45) is 0 Å². The summed E-state index contributed by atoms with van der Waals surface area (Å²) in [5.74, 6) is 0.0745. The maximum absolute atomic E-state index is 12.5. The van der Waals surface area contributed by atoms with Crippen molar-refractivity contribution in [1.29, 1.82) is 0 Å². The van der Waals surface area contributed by atoms with Crippen LogP contribution < -0.4 is 5.32 Å². The summed E-state index contributed by atoms with van der Waals surface area (Å²) in [7, 11) is 0. The fourth-order valence-corrected chi connectivity index (χ4v) is 2.64. The summed E-state index contributed by atoms with van der Waals surface area (Å²) in [6.45, 7) is 2.02. The summed E-state index contributed by atoms with van der Waals surface area (Å²) >= 11 is 5.91. The molecule has 1 saturated carbocycles. The minimum atomic E-state index is -0.367. The molecule has 1 aliphatic rings. The fourth-order valence-electron chi connectivity index (χ4n) is 2.51. The molecule has 0 unspecified atom stereocenters. The Bertz CT molecular complexity index is 644. The molecule has 0 aromatic heterocycles. The fraction of sp³-hybridized carbons (Fsp3) is 0.235. The van der Waals surface area contributed by atoms with Crippen molar-refractivity contribution < 1.29 is 4.79 Å². The molecule has 20 heavy (non-hydrogen) atoms. The van der Waals surface area contributed by atoms with E-state index in [1.165, 1.54) is 0 Å². The lowest BCUT2D eigenvalue weighted by atomic mass is 9.95. The molecular weight excluding hydrogens is 270 g/mol. The highest BCUT2D eigenvalue weighted by Gasteiger charge is 2.51. The lowest BCUT2D eigenvalue weighted by Crippen LogP contribution is -2.27. The number of hydrogen-bond donors (Lipinski definition) is 1. The van der Waals surface area contributed by atoms with E-state index in [2.05, 4.69) is 5.32 Å². The van der Waals surface area contributed by atoms with E-state index >= 15 is 0 Å². The number of hydrogen-bond acceptors (Lipinski definition) is 1. The van der Waals surface area contributed by atoms with Crippen LogP contribution in [0.2, 0.25) is 5.02 Å². The van der Waals surface area contributed by atoms with Gasteiger partial charge in [-0.05, 0) is 55.2 Å². The SMILES string of the molecule is Cc1cccc(NC(=O)C2(c3ccc(Cl)cc3)CC2)c1. The molecule has 1 N–H and O–H groups in total. The largest absolute Gasteiger partial charge is 0.325 e. The molecule has 3 rings (SSSR count). The summed E-state index contributed by atoms with van der Waals surface area (Å²) in [6, 6.07) is 15.5. The summed E-state index contributed by atoms with van der Waals surface area (Å²) in [4.78, 5) is 12.5. The van der Waals surface area contributed by atoms with Gasteiger partial charge >= 0.3 is 0 Å². The molecular formula is C17H16ClNO. The predicted octanol–water partition coefficient (Wildman–Crippen LogP) is 4.32. The van der Waals surface area contributed by atoms with Gasteiger partial charge in [-0.3, -0.25) is 4.79 Å². The lowest BCUT2D eigenvalue weighted by molar-refractivity contribution is -0.118. The quantitative estimate of drug-likeness (QED) is 0.894. The van der Waals surface area contributed by atoms with Gasteiger partial charge in [0.25, 0.3) is 0 Å². The van der Waals surface area contributed by atoms with Crippen LogP contribution in [0.4, 0.5) is 5.69 Å². The highest BCUT2D eigenvalue weighted by atomic mass is 35.5. The molecule has 3 heteroatoms. The Hall–Kier alpha value is -1.80. The van der Waals surface area contributed by atoms with Crippen LogP contribution in [0.1, 0.15) is 24.0 Å². The molecule has 0 atom stereocenters. The molecule has 0 saturated heterocycles. The van der Waals surface area contributed by atoms with Gasteiger partial charge in [0, 0.05) is 10.7 Å². The molecule has 102 valence electrons. The Morgan fingerprint density at radius 1 is 1.15 bits per heavy atom. The summed E-state index contributed by atoms with van der Waals surface area (Å²) in [5, 5.41) is 3.72. The molecule has 1 fully saturated rings. The van der Waals surface area contributed by atoms with Crippen molar-refractivity contribution in [3.05, 3.63) is 64.7 Å². The van der Waals surface area contributed by atoms with Gasteiger partial charge in [0.1, 0.15) is 0 Å². The third-order valence-electron chi connectivity index (χ3n) is 3.86. The molecule has 1 amide bonds. The third kappa shape index (κ3) is 2.44. The molecule has 0 heterocycles. The summed E-state index contributed by atoms with van der Waals surface area (Å²) in [5.41, 5.74) is 2.68. The van der Waals surface area contributed by atoms with E-state index in [4.69, 9.17) is 11.6 Å². The van der Waals surface area contributed by atoms with Crippen LogP contribution in [-0.4, -0.2) is 5.91 Å². The Morgan fingerprint density at radius 2 is 1.85 bits per heavy atom. The lowest BCUT2D eigenvalue weighted by Gasteiger charge is -2.16. The average Bonchev–Trinajstić information content (AvgIpc) is 3.21. The first-order valence-corrected chi connectivity index (χ1v) is 7.12. The number of amides is 1. The number of rotatable bonds is 3. The van der Waals surface area contributed by atoms with Crippen molar-refractivity contribution in [2.45, 2.75) is 25.2 Å². The minimum Gasteiger partial charge on any atom is -0.325 e. The predicted molar refractivity (Wildman–Crippen MR) is 82.2 cm³/mol. The Kier molecular flexibility index (Phi) is 3.27. The Balaban J connectivity index is 1.81. The minimum absolute atomic E-state index is 0.0745. The normalized spacial score (nSPS) is 15.7. The number of aryl methyl sites for hydroxylation is 1. The van der Waals surface area contributed by atoms with Crippen LogP contribution in [0.25, 0.3) is 0 Å². The molecule has 0 spiro atoms. The van der Waals surface area contributed by atoms with E-state index in [0.717, 1.165) is 29.7 Å². The van der Waals surface area contributed by atoms with Gasteiger partial charge in [0.15, 0.2) is 0 Å². The van der Waals surface area contributed by atoms with E-state index < -0.39 is 0 Å². The average molecular weight is 286 g/mol. The molecule has 2 aromatic rings. The van der Waals surface area contributed by atoms with E-state index in [1.54, 1.807) is 0 Å². The second-order valence-electron chi connectivity index (χ2n) is 5.41. The maximum atomic E-state index is 12.5. The van der Waals surface area contributed by atoms with Gasteiger partial charge in [0.05, 0.1) is 5.41 Å². The van der Waals surface area contributed by atoms with Crippen molar-refractivity contribution in [1.82, 2.24) is 0 Å². The second-order valence-corrected chi connectivity index (χ2v) is 5.85. The zero-order valence-corrected chi connectivity index (χ0v) is 12.1. The number of carbonyl (C=O) groups is 1. The first-order valence-electron chi connectivity index (χ1n) is 6.74. The zero-order valence-electron chi connectivity index (χ0n) is 11.3. The van der Waals surface area contributed by atoms with Crippen LogP contribution in [0, 0.1) is 6.92 Å². The van der Waals surface area contributed by atoms with Gasteiger partial charge in [0.2, 0.25) is 5.91 Å². The second kappa shape index (κ2) is 4.95. The van der Waals surface area contributed by atoms with E-state index in [1.807, 2.05) is 55.5 Å². The monoisotopic (exact) mass is 285 g/mol. The number of halogens is 1. The van der Waals surface area contributed by atoms with Crippen LogP contribution in [-0.2, 0) is 10.2 Å². The van der Waals surface area contributed by atoms with Crippen molar-refractivity contribution in [3.63, 3.8) is 0 Å². The molecule has 0 radical (unpaired) electrons. The highest BCUT2D eigenvalue weighted by molar-refractivity contribution is 6.30. The topological polar surface area (TPSA) is 29.1 Å². The van der Waals surface area contributed by atoms with Gasteiger partial charge in [-0.25, -0.2) is 0 Å². The van der Waals surface area contributed by atoms with Crippen molar-refractivity contribution in [2.75, 3.05) is 5.32 Å². The smallest absolute Gasteiger partial charge is 0.235 e. The van der Waals surface area contributed by atoms with Crippen LogP contribution >= 0.6 is 11.6 Å². The first-order chi connectivity index (χ1) is 9.60. The van der Waals surface area contributed by atoms with Crippen molar-refractivity contribution in [3.8, 4) is 0 Å². The van der Waals surface area contributed by atoms with Gasteiger partial charge < -0.3 is 5.32 Å². The Morgan fingerprint density at radius 3 is 2.45 bits per heavy atom. The highest BCUT2D eigenvalue weighted by Crippen LogP contribution is 2.49. The standard InChI is InChI=1S/C17H16ClNO/c1-12-3-2-4-15(11-12)19-16(20)17(9-10-17)13-5-7-14(18)8-6-13/h2-8,11H,9-10H2,1H3,(H,19,20). The van der Waals surface area contributed by atoms with Gasteiger partial charge in [-0.1, -0.05) is 35.9 Å². The van der Waals surface area contributed by atoms with E-state index in [0.29, 0.717) is 5.02 Å². The zero-order chi connectivity index (χ0) is 14.2. The maximum Gasteiger partial charge on any atom is 0.235 e. The number of nitrogens with one attached hydrogen (secondary N) is 1. The Labute approximate surface area is 123 Å². The molecule has 0 aliphatic heterocycles.